The number of anilines is 2. The Labute approximate surface area is 150 Å². The quantitative estimate of drug-likeness (QED) is 0.866. The summed E-state index contributed by atoms with van der Waals surface area (Å²) >= 11 is 0. The van der Waals surface area contributed by atoms with Crippen LogP contribution in [0.25, 0.3) is 11.3 Å². The lowest BCUT2D eigenvalue weighted by atomic mass is 10.1. The number of rotatable bonds is 6. The Morgan fingerprint density at radius 1 is 1.04 bits per heavy atom. The van der Waals surface area contributed by atoms with Crippen molar-refractivity contribution in [2.45, 2.75) is 0 Å². The highest BCUT2D eigenvalue weighted by Gasteiger charge is 2.17. The van der Waals surface area contributed by atoms with E-state index in [1.54, 1.807) is 0 Å². The summed E-state index contributed by atoms with van der Waals surface area (Å²) in [4.78, 5) is 16.4. The van der Waals surface area contributed by atoms with E-state index < -0.39 is 0 Å². The zero-order valence-corrected chi connectivity index (χ0v) is 15.4. The van der Waals surface area contributed by atoms with Crippen LogP contribution in [0, 0.1) is 0 Å². The van der Waals surface area contributed by atoms with Gasteiger partial charge in [0.05, 0.1) is 5.69 Å². The minimum Gasteiger partial charge on any atom is -0.354 e. The summed E-state index contributed by atoms with van der Waals surface area (Å²) in [5.74, 6) is 1.71. The predicted molar refractivity (Wildman–Crippen MR) is 104 cm³/mol. The number of hydrogen-bond donors (Lipinski definition) is 1. The third kappa shape index (κ3) is 4.90. The van der Waals surface area contributed by atoms with Crippen LogP contribution in [0.2, 0.25) is 0 Å². The molecule has 0 saturated carbocycles. The van der Waals surface area contributed by atoms with Gasteiger partial charge < -0.3 is 20.0 Å². The molecule has 0 bridgehead atoms. The molecule has 1 fully saturated rings. The Kier molecular flexibility index (Phi) is 5.83. The third-order valence-electron chi connectivity index (χ3n) is 4.45. The van der Waals surface area contributed by atoms with Crippen molar-refractivity contribution in [2.24, 2.45) is 0 Å². The fraction of sp³-hybridized carbons (Fsp3) is 0.474. The molecule has 2 aromatic rings. The average molecular weight is 340 g/mol. The predicted octanol–water partition coefficient (Wildman–Crippen LogP) is 1.87. The van der Waals surface area contributed by atoms with Gasteiger partial charge in [0.1, 0.15) is 5.82 Å². The van der Waals surface area contributed by atoms with Crippen molar-refractivity contribution in [1.29, 1.82) is 0 Å². The van der Waals surface area contributed by atoms with Crippen molar-refractivity contribution in [2.75, 3.05) is 70.6 Å². The molecule has 1 N–H and O–H groups in total. The largest absolute Gasteiger partial charge is 0.354 e. The second kappa shape index (κ2) is 8.27. The number of nitrogens with zero attached hydrogens (tertiary/aromatic N) is 5. The summed E-state index contributed by atoms with van der Waals surface area (Å²) in [6, 6.07) is 12.4. The number of benzene rings is 1. The minimum atomic E-state index is 0.706. The van der Waals surface area contributed by atoms with Gasteiger partial charge in [-0.2, -0.15) is 4.98 Å². The summed E-state index contributed by atoms with van der Waals surface area (Å²) in [6.45, 7) is 5.90. The molecule has 134 valence electrons. The molecular weight excluding hydrogens is 312 g/mol. The molecule has 1 aliphatic rings. The van der Waals surface area contributed by atoms with Gasteiger partial charge in [-0.05, 0) is 21.1 Å². The van der Waals surface area contributed by atoms with Gasteiger partial charge in [-0.15, -0.1) is 0 Å². The van der Waals surface area contributed by atoms with E-state index in [1.165, 1.54) is 0 Å². The molecule has 1 saturated heterocycles. The maximum atomic E-state index is 4.77. The van der Waals surface area contributed by atoms with E-state index in [1.807, 2.05) is 18.2 Å². The molecule has 1 aliphatic heterocycles. The van der Waals surface area contributed by atoms with Crippen LogP contribution in [0.1, 0.15) is 0 Å². The van der Waals surface area contributed by atoms with E-state index in [-0.39, 0.29) is 0 Å². The van der Waals surface area contributed by atoms with Gasteiger partial charge in [0.2, 0.25) is 5.95 Å². The summed E-state index contributed by atoms with van der Waals surface area (Å²) in [7, 11) is 6.30. The van der Waals surface area contributed by atoms with Crippen LogP contribution in [0.15, 0.2) is 36.4 Å². The van der Waals surface area contributed by atoms with Crippen molar-refractivity contribution in [3.63, 3.8) is 0 Å². The molecule has 6 nitrogen and oxygen atoms in total. The van der Waals surface area contributed by atoms with Gasteiger partial charge in [0.25, 0.3) is 0 Å². The zero-order valence-electron chi connectivity index (χ0n) is 15.4. The van der Waals surface area contributed by atoms with E-state index in [4.69, 9.17) is 9.97 Å². The van der Waals surface area contributed by atoms with Crippen LogP contribution in [-0.4, -0.2) is 80.2 Å². The Bertz CT molecular complexity index is 665. The number of piperazine rings is 1. The van der Waals surface area contributed by atoms with Gasteiger partial charge in [-0.25, -0.2) is 4.98 Å². The first kappa shape index (κ1) is 17.6. The van der Waals surface area contributed by atoms with Crippen molar-refractivity contribution in [3.05, 3.63) is 36.4 Å². The molecule has 0 atom stereocenters. The van der Waals surface area contributed by atoms with Crippen molar-refractivity contribution < 1.29 is 0 Å². The fourth-order valence-electron chi connectivity index (χ4n) is 2.86. The first-order valence-corrected chi connectivity index (χ1v) is 8.88. The molecular formula is C19H28N6. The van der Waals surface area contributed by atoms with E-state index in [2.05, 4.69) is 59.4 Å². The Balaban J connectivity index is 1.85. The molecule has 2 heterocycles. The molecule has 1 aromatic heterocycles. The first-order chi connectivity index (χ1) is 12.1. The monoisotopic (exact) mass is 340 g/mol. The second-order valence-corrected chi connectivity index (χ2v) is 6.82. The highest BCUT2D eigenvalue weighted by atomic mass is 15.3. The fourth-order valence-corrected chi connectivity index (χ4v) is 2.86. The van der Waals surface area contributed by atoms with E-state index in [0.29, 0.717) is 5.95 Å². The summed E-state index contributed by atoms with van der Waals surface area (Å²) in [5, 5.41) is 3.37. The number of nitrogens with one attached hydrogen (secondary N) is 1. The van der Waals surface area contributed by atoms with Gasteiger partial charge in [0.15, 0.2) is 0 Å². The molecule has 0 unspecified atom stereocenters. The van der Waals surface area contributed by atoms with Gasteiger partial charge in [0, 0.05) is 50.9 Å². The lowest BCUT2D eigenvalue weighted by Gasteiger charge is -2.33. The van der Waals surface area contributed by atoms with E-state index in [9.17, 15) is 0 Å². The molecule has 0 radical (unpaired) electrons. The lowest BCUT2D eigenvalue weighted by Crippen LogP contribution is -2.44. The Morgan fingerprint density at radius 2 is 1.76 bits per heavy atom. The maximum absolute atomic E-state index is 4.77. The third-order valence-corrected chi connectivity index (χ3v) is 4.45. The van der Waals surface area contributed by atoms with Crippen LogP contribution in [-0.2, 0) is 0 Å². The van der Waals surface area contributed by atoms with Crippen molar-refractivity contribution in [3.8, 4) is 11.3 Å². The number of hydrogen-bond acceptors (Lipinski definition) is 6. The standard InChI is InChI=1S/C19H28N6/c1-23(2)10-9-20-19-21-17(16-7-5-4-6-8-16)15-18(22-19)25-13-11-24(3)12-14-25/h4-8,15H,9-14H2,1-3H3,(H,20,21,22). The topological polar surface area (TPSA) is 47.5 Å². The van der Waals surface area contributed by atoms with Gasteiger partial charge >= 0.3 is 0 Å². The summed E-state index contributed by atoms with van der Waals surface area (Å²) in [5.41, 5.74) is 2.09. The van der Waals surface area contributed by atoms with Gasteiger partial charge in [-0.3, -0.25) is 0 Å². The van der Waals surface area contributed by atoms with Gasteiger partial charge in [-0.1, -0.05) is 30.3 Å². The van der Waals surface area contributed by atoms with E-state index in [0.717, 1.165) is 56.3 Å². The summed E-state index contributed by atoms with van der Waals surface area (Å²) in [6.07, 6.45) is 0. The van der Waals surface area contributed by atoms with Crippen molar-refractivity contribution >= 4 is 11.8 Å². The molecule has 3 rings (SSSR count). The van der Waals surface area contributed by atoms with Crippen LogP contribution in [0.3, 0.4) is 0 Å². The lowest BCUT2D eigenvalue weighted by molar-refractivity contribution is 0.312. The Morgan fingerprint density at radius 3 is 2.44 bits per heavy atom. The van der Waals surface area contributed by atoms with Crippen LogP contribution < -0.4 is 10.2 Å². The molecule has 0 spiro atoms. The minimum absolute atomic E-state index is 0.706. The second-order valence-electron chi connectivity index (χ2n) is 6.82. The van der Waals surface area contributed by atoms with E-state index >= 15 is 0 Å². The first-order valence-electron chi connectivity index (χ1n) is 8.88. The van der Waals surface area contributed by atoms with Crippen LogP contribution in [0.5, 0.6) is 0 Å². The van der Waals surface area contributed by atoms with Crippen molar-refractivity contribution in [1.82, 2.24) is 19.8 Å². The molecule has 1 aromatic carbocycles. The Hall–Kier alpha value is -2.18. The normalized spacial score (nSPS) is 15.6. The van der Waals surface area contributed by atoms with Crippen LogP contribution >= 0.6 is 0 Å². The number of aromatic nitrogens is 2. The highest BCUT2D eigenvalue weighted by molar-refractivity contribution is 5.64. The van der Waals surface area contributed by atoms with Crippen LogP contribution in [0.4, 0.5) is 11.8 Å². The average Bonchev–Trinajstić information content (AvgIpc) is 2.62. The molecule has 6 heteroatoms. The molecule has 0 amide bonds. The maximum Gasteiger partial charge on any atom is 0.225 e. The summed E-state index contributed by atoms with van der Waals surface area (Å²) < 4.78 is 0. The number of likely N-dealkylation sites (N-methyl/N-ethyl adjacent to an activating group) is 2. The zero-order chi connectivity index (χ0) is 17.6. The molecule has 25 heavy (non-hydrogen) atoms. The SMILES string of the molecule is CN(C)CCNc1nc(-c2ccccc2)cc(N2CCN(C)CC2)n1. The molecule has 0 aliphatic carbocycles. The highest BCUT2D eigenvalue weighted by Crippen LogP contribution is 2.24. The smallest absolute Gasteiger partial charge is 0.225 e.